The summed E-state index contributed by atoms with van der Waals surface area (Å²) in [6.45, 7) is 15.7. The lowest BCUT2D eigenvalue weighted by Crippen LogP contribution is -2.66. The van der Waals surface area contributed by atoms with Crippen molar-refractivity contribution in [3.05, 3.63) is 0 Å². The van der Waals surface area contributed by atoms with E-state index in [-0.39, 0.29) is 0 Å². The zero-order chi connectivity index (χ0) is 16.9. The summed E-state index contributed by atoms with van der Waals surface area (Å²) in [5.74, 6) is 0. The van der Waals surface area contributed by atoms with Gasteiger partial charge in [-0.05, 0) is 18.9 Å². The van der Waals surface area contributed by atoms with Crippen molar-refractivity contribution in [1.29, 1.82) is 0 Å². The third-order valence-electron chi connectivity index (χ3n) is 4.65. The lowest BCUT2D eigenvalue weighted by molar-refractivity contribution is 0.182. The molecule has 22 heavy (non-hydrogen) atoms. The molecule has 0 aromatic heterocycles. The molecule has 0 bridgehead atoms. The van der Waals surface area contributed by atoms with E-state index in [0.29, 0.717) is 0 Å². The molecular formula is C18H42O2Si2. The Morgan fingerprint density at radius 1 is 0.500 bits per heavy atom. The number of hydrogen-bond donors (Lipinski definition) is 0. The molecular weight excluding hydrogens is 304 g/mol. The highest BCUT2D eigenvalue weighted by molar-refractivity contribution is 7.37. The summed E-state index contributed by atoms with van der Waals surface area (Å²) in [6, 6.07) is 5.45. The van der Waals surface area contributed by atoms with Gasteiger partial charge in [0.1, 0.15) is 7.59 Å². The average Bonchev–Trinajstić information content (AvgIpc) is 2.50. The third-order valence-corrected chi connectivity index (χ3v) is 21.9. The van der Waals surface area contributed by atoms with E-state index in [1.165, 1.54) is 49.9 Å². The highest BCUT2D eigenvalue weighted by Gasteiger charge is 2.56. The van der Waals surface area contributed by atoms with Crippen LogP contribution in [0.25, 0.3) is 0 Å². The summed E-state index contributed by atoms with van der Waals surface area (Å²) in [7, 11) is -3.52. The van der Waals surface area contributed by atoms with Crippen molar-refractivity contribution < 1.29 is 8.85 Å². The van der Waals surface area contributed by atoms with Crippen LogP contribution < -0.4 is 0 Å². The zero-order valence-electron chi connectivity index (χ0n) is 16.3. The van der Waals surface area contributed by atoms with E-state index in [1.807, 2.05) is 0 Å². The van der Waals surface area contributed by atoms with Crippen molar-refractivity contribution in [3.63, 3.8) is 0 Å². The Morgan fingerprint density at radius 2 is 0.864 bits per heavy atom. The maximum atomic E-state index is 6.72. The minimum atomic E-state index is -2.04. The molecule has 0 aliphatic heterocycles. The molecule has 0 saturated heterocycles. The fourth-order valence-electron chi connectivity index (χ4n) is 4.00. The average molecular weight is 347 g/mol. The SMILES string of the molecule is CCCO[Si](CCC)(OCCC)[Si](CCC)(CCC)CCC. The van der Waals surface area contributed by atoms with Gasteiger partial charge in [0.25, 0.3) is 0 Å². The van der Waals surface area contributed by atoms with Gasteiger partial charge < -0.3 is 8.85 Å². The third kappa shape index (κ3) is 6.10. The molecule has 0 heterocycles. The first kappa shape index (κ1) is 22.4. The lowest BCUT2D eigenvalue weighted by atomic mass is 10.5. The fourth-order valence-corrected chi connectivity index (χ4v) is 22.5. The van der Waals surface area contributed by atoms with Gasteiger partial charge in [-0.25, -0.2) is 0 Å². The van der Waals surface area contributed by atoms with E-state index in [2.05, 4.69) is 41.5 Å². The van der Waals surface area contributed by atoms with Crippen LogP contribution in [0.3, 0.4) is 0 Å². The summed E-state index contributed by atoms with van der Waals surface area (Å²) in [6.07, 6.45) is 7.35. The molecule has 0 spiro atoms. The smallest absolute Gasteiger partial charge is 0.316 e. The van der Waals surface area contributed by atoms with Gasteiger partial charge in [-0.15, -0.1) is 0 Å². The van der Waals surface area contributed by atoms with Crippen molar-refractivity contribution in [1.82, 2.24) is 0 Å². The van der Waals surface area contributed by atoms with Crippen LogP contribution in [0.1, 0.15) is 80.1 Å². The Bertz CT molecular complexity index is 234. The summed E-state index contributed by atoms with van der Waals surface area (Å²) in [4.78, 5) is 0. The summed E-state index contributed by atoms with van der Waals surface area (Å²) < 4.78 is 13.4. The molecule has 0 aliphatic rings. The molecule has 0 N–H and O–H groups in total. The standard InChI is InChI=1S/C18H42O2Si2/c1-7-13-19-22(18-12-6,20-14-8-2)21(15-9-3,16-10-4)17-11-5/h7-18H2,1-6H3. The molecule has 0 aromatic carbocycles. The summed E-state index contributed by atoms with van der Waals surface area (Å²) in [5.41, 5.74) is 0. The van der Waals surface area contributed by atoms with Gasteiger partial charge in [-0.2, -0.15) is 0 Å². The van der Waals surface area contributed by atoms with Crippen molar-refractivity contribution in [3.8, 4) is 0 Å². The van der Waals surface area contributed by atoms with Gasteiger partial charge in [0.15, 0.2) is 0 Å². The van der Waals surface area contributed by atoms with Crippen LogP contribution in [0.4, 0.5) is 0 Å². The van der Waals surface area contributed by atoms with Crippen LogP contribution in [0.5, 0.6) is 0 Å². The van der Waals surface area contributed by atoms with E-state index in [0.717, 1.165) is 26.1 Å². The van der Waals surface area contributed by atoms with Crippen LogP contribution >= 0.6 is 0 Å². The molecule has 2 nitrogen and oxygen atoms in total. The predicted molar refractivity (Wildman–Crippen MR) is 104 cm³/mol. The van der Waals surface area contributed by atoms with Gasteiger partial charge in [0, 0.05) is 13.2 Å². The Kier molecular flexibility index (Phi) is 12.9. The monoisotopic (exact) mass is 346 g/mol. The van der Waals surface area contributed by atoms with Gasteiger partial charge in [-0.1, -0.05) is 85.4 Å². The molecule has 0 aromatic rings. The minimum Gasteiger partial charge on any atom is -0.397 e. The first-order chi connectivity index (χ1) is 10.6. The minimum absolute atomic E-state index is 0.905. The molecule has 4 heteroatoms. The van der Waals surface area contributed by atoms with Crippen LogP contribution in [0, 0.1) is 0 Å². The summed E-state index contributed by atoms with van der Waals surface area (Å²) >= 11 is 0. The van der Waals surface area contributed by atoms with Gasteiger partial charge in [0.05, 0.1) is 0 Å². The second-order valence-corrected chi connectivity index (χ2v) is 18.8. The van der Waals surface area contributed by atoms with Gasteiger partial charge in [0.2, 0.25) is 0 Å². The Hall–Kier alpha value is 0.354. The van der Waals surface area contributed by atoms with Crippen molar-refractivity contribution in [2.45, 2.75) is 104 Å². The van der Waals surface area contributed by atoms with Crippen LogP contribution in [-0.4, -0.2) is 28.9 Å². The second kappa shape index (κ2) is 12.7. The number of hydrogen-bond acceptors (Lipinski definition) is 2. The van der Waals surface area contributed by atoms with Crippen molar-refractivity contribution in [2.75, 3.05) is 13.2 Å². The summed E-state index contributed by atoms with van der Waals surface area (Å²) in [5, 5.41) is 0. The molecule has 134 valence electrons. The highest BCUT2D eigenvalue weighted by Crippen LogP contribution is 2.39. The molecule has 0 atom stereocenters. The first-order valence-corrected chi connectivity index (χ1v) is 15.5. The second-order valence-electron chi connectivity index (χ2n) is 6.73. The molecule has 0 fully saturated rings. The molecule has 0 rings (SSSR count). The van der Waals surface area contributed by atoms with Gasteiger partial charge in [-0.3, -0.25) is 0 Å². The Balaban J connectivity index is 5.69. The van der Waals surface area contributed by atoms with E-state index in [4.69, 9.17) is 8.85 Å². The number of rotatable bonds is 15. The van der Waals surface area contributed by atoms with Gasteiger partial charge >= 0.3 is 8.08 Å². The van der Waals surface area contributed by atoms with E-state index in [9.17, 15) is 0 Å². The van der Waals surface area contributed by atoms with E-state index in [1.54, 1.807) is 0 Å². The molecule has 0 unspecified atom stereocenters. The molecule has 0 saturated carbocycles. The maximum absolute atomic E-state index is 6.72. The Morgan fingerprint density at radius 3 is 1.14 bits per heavy atom. The predicted octanol–water partition coefficient (Wildman–Crippen LogP) is 6.45. The topological polar surface area (TPSA) is 18.5 Å². The van der Waals surface area contributed by atoms with Crippen LogP contribution in [0.15, 0.2) is 0 Å². The first-order valence-electron chi connectivity index (χ1n) is 9.89. The van der Waals surface area contributed by atoms with E-state index < -0.39 is 15.7 Å². The normalized spacial score (nSPS) is 12.8. The van der Waals surface area contributed by atoms with Crippen LogP contribution in [0.2, 0.25) is 24.2 Å². The van der Waals surface area contributed by atoms with Crippen molar-refractivity contribution in [2.24, 2.45) is 0 Å². The highest BCUT2D eigenvalue weighted by atomic mass is 29.3. The molecule has 0 radical (unpaired) electrons. The lowest BCUT2D eigenvalue weighted by Gasteiger charge is -2.46. The Labute approximate surface area is 142 Å². The largest absolute Gasteiger partial charge is 0.397 e. The fraction of sp³-hybridized carbons (Fsp3) is 1.00. The van der Waals surface area contributed by atoms with E-state index >= 15 is 0 Å². The molecule has 0 aliphatic carbocycles. The van der Waals surface area contributed by atoms with Crippen molar-refractivity contribution >= 4 is 15.7 Å². The zero-order valence-corrected chi connectivity index (χ0v) is 18.3. The van der Waals surface area contributed by atoms with Crippen LogP contribution in [-0.2, 0) is 8.85 Å². The quantitative estimate of drug-likeness (QED) is 0.317. The molecule has 0 amide bonds. The maximum Gasteiger partial charge on any atom is 0.316 e.